The smallest absolute Gasteiger partial charge is 0.318 e. The molecule has 2 N–H and O–H groups in total. The van der Waals surface area contributed by atoms with Crippen molar-refractivity contribution in [2.75, 3.05) is 43.4 Å². The quantitative estimate of drug-likeness (QED) is 0.403. The Hall–Kier alpha value is -3.67. The molecule has 226 valence electrons. The Balaban J connectivity index is 1.25. The molecule has 4 atom stereocenters. The van der Waals surface area contributed by atoms with E-state index in [4.69, 9.17) is 35.2 Å². The average molecular weight is 588 g/mol. The molecule has 2 unspecified atom stereocenters. The second-order valence-electron chi connectivity index (χ2n) is 12.9. The highest BCUT2D eigenvalue weighted by Crippen LogP contribution is 2.48. The molecule has 3 fully saturated rings. The van der Waals surface area contributed by atoms with E-state index in [0.717, 1.165) is 86.2 Å². The predicted octanol–water partition coefficient (Wildman–Crippen LogP) is 4.05. The number of aromatic nitrogens is 2. The lowest BCUT2D eigenvalue weighted by atomic mass is 9.72. The first-order valence-corrected chi connectivity index (χ1v) is 15.6. The van der Waals surface area contributed by atoms with Crippen LogP contribution in [0, 0.1) is 22.8 Å². The van der Waals surface area contributed by atoms with Crippen LogP contribution in [0.2, 0.25) is 0 Å². The topological polar surface area (TPSA) is 134 Å². The van der Waals surface area contributed by atoms with E-state index < -0.39 is 11.8 Å². The molecule has 0 bridgehead atoms. The summed E-state index contributed by atoms with van der Waals surface area (Å²) < 4.78 is 32.9. The van der Waals surface area contributed by atoms with E-state index >= 15 is 0 Å². The van der Waals surface area contributed by atoms with Gasteiger partial charge >= 0.3 is 6.01 Å². The number of rotatable bonds is 5. The maximum absolute atomic E-state index is 14.5. The molecular weight excluding hydrogens is 549 g/mol. The Kier molecular flexibility index (Phi) is 7.27. The van der Waals surface area contributed by atoms with Gasteiger partial charge < -0.3 is 24.8 Å². The fraction of sp³-hybridized carbons (Fsp3) is 0.625. The highest BCUT2D eigenvalue weighted by Gasteiger charge is 2.50. The van der Waals surface area contributed by atoms with Crippen molar-refractivity contribution in [3.8, 4) is 18.3 Å². The standard InChI is InChI=1S/C32H38FN7O3/c33-22-14-31(9-3-12-40(31)17-22)19-41-30-37-27-15-32(10-1-4-21-6-7-26(36)24(16-34)28(21)32)43-18-25(27)29(38-30)39-11-2-5-23(8-13-39)42-20-35/h6-7,22-23H,1-5,8-15,17-19,36H2/t22-,23?,31?,32-/m1/s1. The molecule has 0 radical (unpaired) electrons. The molecule has 0 amide bonds. The van der Waals surface area contributed by atoms with Gasteiger partial charge in [0.25, 0.3) is 6.26 Å². The van der Waals surface area contributed by atoms with Crippen LogP contribution in [0.1, 0.15) is 79.3 Å². The van der Waals surface area contributed by atoms with Crippen molar-refractivity contribution in [3.05, 3.63) is 40.1 Å². The van der Waals surface area contributed by atoms with E-state index in [9.17, 15) is 9.65 Å². The molecule has 11 heteroatoms. The fourth-order valence-electron chi connectivity index (χ4n) is 8.29. The van der Waals surface area contributed by atoms with Crippen LogP contribution in [0.3, 0.4) is 0 Å². The fourth-order valence-corrected chi connectivity index (χ4v) is 8.29. The highest BCUT2D eigenvalue weighted by molar-refractivity contribution is 5.63. The summed E-state index contributed by atoms with van der Waals surface area (Å²) in [6.45, 7) is 3.45. The van der Waals surface area contributed by atoms with Crippen LogP contribution in [0.4, 0.5) is 15.9 Å². The number of hydrogen-bond acceptors (Lipinski definition) is 10. The van der Waals surface area contributed by atoms with Crippen molar-refractivity contribution >= 4 is 11.5 Å². The van der Waals surface area contributed by atoms with Gasteiger partial charge in [0.15, 0.2) is 0 Å². The minimum atomic E-state index is -0.838. The van der Waals surface area contributed by atoms with Gasteiger partial charge in [-0.1, -0.05) is 6.07 Å². The van der Waals surface area contributed by atoms with E-state index in [1.165, 1.54) is 0 Å². The summed E-state index contributed by atoms with van der Waals surface area (Å²) in [6.07, 6.45) is 8.76. The number of benzene rings is 1. The minimum absolute atomic E-state index is 0.111. The molecule has 2 aromatic rings. The van der Waals surface area contributed by atoms with Crippen LogP contribution < -0.4 is 15.4 Å². The van der Waals surface area contributed by atoms with Crippen LogP contribution in [0.5, 0.6) is 6.01 Å². The largest absolute Gasteiger partial charge is 0.461 e. The van der Waals surface area contributed by atoms with Gasteiger partial charge in [0.1, 0.15) is 36.4 Å². The maximum atomic E-state index is 14.5. The van der Waals surface area contributed by atoms with Crippen molar-refractivity contribution in [3.63, 3.8) is 0 Å². The minimum Gasteiger partial charge on any atom is -0.461 e. The van der Waals surface area contributed by atoms with Crippen molar-refractivity contribution < 1.29 is 18.6 Å². The van der Waals surface area contributed by atoms with Crippen LogP contribution in [0.15, 0.2) is 12.1 Å². The monoisotopic (exact) mass is 587 g/mol. The summed E-state index contributed by atoms with van der Waals surface area (Å²) in [4.78, 5) is 14.4. The second-order valence-corrected chi connectivity index (χ2v) is 12.9. The summed E-state index contributed by atoms with van der Waals surface area (Å²) in [7, 11) is 0. The summed E-state index contributed by atoms with van der Waals surface area (Å²) in [6, 6.07) is 6.49. The van der Waals surface area contributed by atoms with E-state index in [1.54, 1.807) is 0 Å². The Morgan fingerprint density at radius 2 is 2.02 bits per heavy atom. The zero-order chi connectivity index (χ0) is 29.6. The number of hydrogen-bond donors (Lipinski definition) is 1. The summed E-state index contributed by atoms with van der Waals surface area (Å²) >= 11 is 0. The van der Waals surface area contributed by atoms with Gasteiger partial charge in [0, 0.05) is 55.7 Å². The number of ether oxygens (including phenoxy) is 3. The molecule has 1 aromatic heterocycles. The first-order chi connectivity index (χ1) is 20.9. The average Bonchev–Trinajstić information content (AvgIpc) is 3.42. The SMILES string of the molecule is N#COC1CCCN(c2nc(OCC34CCCN3C[C@H](F)C4)nc3c2CO[C@]2(CCCc4ccc(N)c(C#N)c42)C3)CC1. The maximum Gasteiger partial charge on any atom is 0.318 e. The van der Waals surface area contributed by atoms with Crippen molar-refractivity contribution in [1.29, 1.82) is 10.5 Å². The molecule has 4 aliphatic heterocycles. The first kappa shape index (κ1) is 28.1. The van der Waals surface area contributed by atoms with Crippen LogP contribution in [-0.2, 0) is 34.5 Å². The summed E-state index contributed by atoms with van der Waals surface area (Å²) in [5, 5.41) is 19.2. The second kappa shape index (κ2) is 11.1. The number of anilines is 2. The van der Waals surface area contributed by atoms with Gasteiger partial charge in [0.05, 0.1) is 23.4 Å². The molecule has 0 saturated carbocycles. The molecular formula is C32H38FN7O3. The number of alkyl halides is 1. The van der Waals surface area contributed by atoms with Crippen molar-refractivity contribution in [2.24, 2.45) is 0 Å². The molecule has 3 saturated heterocycles. The number of nitrogens with two attached hydrogens (primary N) is 1. The Morgan fingerprint density at radius 3 is 2.88 bits per heavy atom. The van der Waals surface area contributed by atoms with E-state index in [-0.39, 0.29) is 11.6 Å². The van der Waals surface area contributed by atoms with Crippen LogP contribution in [-0.4, -0.2) is 65.5 Å². The van der Waals surface area contributed by atoms with E-state index in [0.29, 0.717) is 62.8 Å². The molecule has 1 spiro atoms. The zero-order valence-electron chi connectivity index (χ0n) is 24.5. The van der Waals surface area contributed by atoms with Gasteiger partial charge in [-0.05, 0) is 63.1 Å². The van der Waals surface area contributed by atoms with Crippen LogP contribution in [0.25, 0.3) is 0 Å². The molecule has 10 nitrogen and oxygen atoms in total. The van der Waals surface area contributed by atoms with E-state index in [1.807, 2.05) is 18.4 Å². The first-order valence-electron chi connectivity index (χ1n) is 15.6. The Labute approximate surface area is 251 Å². The van der Waals surface area contributed by atoms with E-state index in [2.05, 4.69) is 15.9 Å². The third-order valence-corrected chi connectivity index (χ3v) is 10.3. The lowest BCUT2D eigenvalue weighted by Crippen LogP contribution is -2.44. The Bertz CT molecular complexity index is 1490. The van der Waals surface area contributed by atoms with Gasteiger partial charge in [0.2, 0.25) is 0 Å². The number of nitrogen functional groups attached to an aromatic ring is 1. The van der Waals surface area contributed by atoms with Gasteiger partial charge in [-0.3, -0.25) is 4.90 Å². The molecule has 1 aromatic carbocycles. The number of nitrogens with zero attached hydrogens (tertiary/aromatic N) is 6. The normalized spacial score (nSPS) is 30.1. The molecule has 1 aliphatic carbocycles. The van der Waals surface area contributed by atoms with Crippen molar-refractivity contribution in [2.45, 2.75) is 94.2 Å². The number of aryl methyl sites for hydroxylation is 1. The molecule has 5 heterocycles. The lowest BCUT2D eigenvalue weighted by molar-refractivity contribution is -0.0857. The molecule has 5 aliphatic rings. The predicted molar refractivity (Wildman–Crippen MR) is 156 cm³/mol. The van der Waals surface area contributed by atoms with Gasteiger partial charge in [-0.2, -0.15) is 20.5 Å². The summed E-state index contributed by atoms with van der Waals surface area (Å²) in [5.41, 5.74) is 10.0. The molecule has 43 heavy (non-hydrogen) atoms. The number of nitriles is 2. The summed E-state index contributed by atoms with van der Waals surface area (Å²) in [5.74, 6) is 0.784. The number of fused-ring (bicyclic) bond motifs is 4. The third kappa shape index (κ3) is 4.93. The van der Waals surface area contributed by atoms with Gasteiger partial charge in [-0.15, -0.1) is 0 Å². The lowest BCUT2D eigenvalue weighted by Gasteiger charge is -2.43. The number of halogens is 1. The van der Waals surface area contributed by atoms with Gasteiger partial charge in [-0.25, -0.2) is 4.39 Å². The Morgan fingerprint density at radius 1 is 1.12 bits per heavy atom. The van der Waals surface area contributed by atoms with Crippen LogP contribution >= 0.6 is 0 Å². The van der Waals surface area contributed by atoms with Crippen molar-refractivity contribution in [1.82, 2.24) is 14.9 Å². The third-order valence-electron chi connectivity index (χ3n) is 10.3. The zero-order valence-corrected chi connectivity index (χ0v) is 24.5. The molecule has 7 rings (SSSR count). The highest BCUT2D eigenvalue weighted by atomic mass is 19.1.